The highest BCUT2D eigenvalue weighted by Crippen LogP contribution is 2.12. The van der Waals surface area contributed by atoms with Crippen molar-refractivity contribution in [3.8, 4) is 0 Å². The van der Waals surface area contributed by atoms with Crippen LogP contribution >= 0.6 is 23.4 Å². The highest BCUT2D eigenvalue weighted by molar-refractivity contribution is 8.00. The van der Waals surface area contributed by atoms with Gasteiger partial charge >= 0.3 is 0 Å². The van der Waals surface area contributed by atoms with Crippen LogP contribution in [-0.4, -0.2) is 15.2 Å². The van der Waals surface area contributed by atoms with Gasteiger partial charge in [0, 0.05) is 11.9 Å². The van der Waals surface area contributed by atoms with Gasteiger partial charge in [0.25, 0.3) is 0 Å². The lowest BCUT2D eigenvalue weighted by Gasteiger charge is -1.94. The van der Waals surface area contributed by atoms with Crippen molar-refractivity contribution in [2.45, 2.75) is 12.1 Å². The molecule has 0 N–H and O–H groups in total. The van der Waals surface area contributed by atoms with Crippen LogP contribution < -0.4 is 0 Å². The number of hydrogen-bond acceptors (Lipinski definition) is 3. The molecule has 54 valence electrons. The molecule has 0 atom stereocenters. The van der Waals surface area contributed by atoms with Gasteiger partial charge in [-0.2, -0.15) is 0 Å². The number of aryl methyl sites for hydroxylation is 1. The summed E-state index contributed by atoms with van der Waals surface area (Å²) in [6.07, 6.45) is 1.73. The summed E-state index contributed by atoms with van der Waals surface area (Å²) in [6.45, 7) is 1.93. The van der Waals surface area contributed by atoms with Crippen molar-refractivity contribution in [1.82, 2.24) is 9.97 Å². The second-order valence-electron chi connectivity index (χ2n) is 1.73. The Morgan fingerprint density at radius 1 is 1.70 bits per heavy atom. The minimum Gasteiger partial charge on any atom is -0.231 e. The van der Waals surface area contributed by atoms with Crippen LogP contribution in [0.2, 0.25) is 0 Å². The van der Waals surface area contributed by atoms with Gasteiger partial charge in [-0.1, -0.05) is 11.8 Å². The molecule has 0 aliphatic rings. The van der Waals surface area contributed by atoms with E-state index in [1.165, 1.54) is 11.8 Å². The molecule has 2 nitrogen and oxygen atoms in total. The molecule has 0 saturated heterocycles. The third-order valence-electron chi connectivity index (χ3n) is 0.956. The monoisotopic (exact) mass is 174 g/mol. The topological polar surface area (TPSA) is 25.8 Å². The van der Waals surface area contributed by atoms with E-state index in [9.17, 15) is 0 Å². The Balaban J connectivity index is 2.75. The lowest BCUT2D eigenvalue weighted by Crippen LogP contribution is -1.86. The second-order valence-corrected chi connectivity index (χ2v) is 3.26. The summed E-state index contributed by atoms with van der Waals surface area (Å²) in [5, 5.41) is 1.25. The standard InChI is InChI=1S/C6H7ClN2S/c1-5-2-3-8-6(9-5)10-4-7/h2-3H,4H2,1H3. The summed E-state index contributed by atoms with van der Waals surface area (Å²) in [5.41, 5.74) is 0.975. The lowest BCUT2D eigenvalue weighted by molar-refractivity contribution is 0.934. The fourth-order valence-corrected chi connectivity index (χ4v) is 1.28. The number of nitrogens with zero attached hydrogens (tertiary/aromatic N) is 2. The van der Waals surface area contributed by atoms with Gasteiger partial charge in [-0.25, -0.2) is 9.97 Å². The van der Waals surface area contributed by atoms with Crippen molar-refractivity contribution >= 4 is 23.4 Å². The summed E-state index contributed by atoms with van der Waals surface area (Å²) >= 11 is 6.90. The first kappa shape index (κ1) is 7.82. The first-order chi connectivity index (χ1) is 4.83. The summed E-state index contributed by atoms with van der Waals surface area (Å²) in [6, 6.07) is 1.86. The zero-order valence-corrected chi connectivity index (χ0v) is 7.11. The van der Waals surface area contributed by atoms with Crippen LogP contribution in [0.1, 0.15) is 5.69 Å². The molecule has 0 fully saturated rings. The van der Waals surface area contributed by atoms with Gasteiger partial charge in [-0.3, -0.25) is 0 Å². The van der Waals surface area contributed by atoms with Crippen LogP contribution in [0.15, 0.2) is 17.4 Å². The Morgan fingerprint density at radius 2 is 2.50 bits per heavy atom. The van der Waals surface area contributed by atoms with Gasteiger partial charge < -0.3 is 0 Å². The molecule has 1 aromatic rings. The minimum atomic E-state index is 0.503. The van der Waals surface area contributed by atoms with E-state index in [4.69, 9.17) is 11.6 Å². The quantitative estimate of drug-likeness (QED) is 0.390. The number of thioether (sulfide) groups is 1. The van der Waals surface area contributed by atoms with E-state index in [0.29, 0.717) is 5.21 Å². The molecule has 0 radical (unpaired) electrons. The Kier molecular flexibility index (Phi) is 2.96. The van der Waals surface area contributed by atoms with Crippen LogP contribution in [0.3, 0.4) is 0 Å². The molecule has 0 aliphatic carbocycles. The molecule has 1 heterocycles. The van der Waals surface area contributed by atoms with Crippen LogP contribution in [0.4, 0.5) is 0 Å². The van der Waals surface area contributed by atoms with Crippen molar-refractivity contribution in [1.29, 1.82) is 0 Å². The maximum Gasteiger partial charge on any atom is 0.188 e. The van der Waals surface area contributed by atoms with Gasteiger partial charge in [0.1, 0.15) is 0 Å². The zero-order valence-electron chi connectivity index (χ0n) is 5.54. The Hall–Kier alpha value is -0.280. The third kappa shape index (κ3) is 2.15. The van der Waals surface area contributed by atoms with E-state index in [0.717, 1.165) is 10.9 Å². The SMILES string of the molecule is Cc1ccnc(SCCl)n1. The van der Waals surface area contributed by atoms with Crippen molar-refractivity contribution in [3.63, 3.8) is 0 Å². The predicted molar refractivity (Wildman–Crippen MR) is 43.3 cm³/mol. The van der Waals surface area contributed by atoms with E-state index in [1.807, 2.05) is 13.0 Å². The molecular weight excluding hydrogens is 168 g/mol. The number of rotatable bonds is 2. The van der Waals surface area contributed by atoms with Gasteiger partial charge in [0.15, 0.2) is 5.16 Å². The van der Waals surface area contributed by atoms with E-state index in [1.54, 1.807) is 6.20 Å². The average molecular weight is 175 g/mol. The largest absolute Gasteiger partial charge is 0.231 e. The van der Waals surface area contributed by atoms with Crippen molar-refractivity contribution in [2.24, 2.45) is 0 Å². The fourth-order valence-electron chi connectivity index (χ4n) is 0.544. The molecular formula is C6H7ClN2S. The maximum absolute atomic E-state index is 5.47. The first-order valence-corrected chi connectivity index (χ1v) is 4.33. The van der Waals surface area contributed by atoms with Crippen LogP contribution in [0.25, 0.3) is 0 Å². The molecule has 10 heavy (non-hydrogen) atoms. The summed E-state index contributed by atoms with van der Waals surface area (Å²) in [7, 11) is 0. The summed E-state index contributed by atoms with van der Waals surface area (Å²) in [5.74, 6) is 0. The molecule has 0 bridgehead atoms. The second kappa shape index (κ2) is 3.78. The summed E-state index contributed by atoms with van der Waals surface area (Å²) < 4.78 is 0. The molecule has 0 unspecified atom stereocenters. The number of aromatic nitrogens is 2. The smallest absolute Gasteiger partial charge is 0.188 e. The average Bonchev–Trinajstić information content (AvgIpc) is 1.88. The predicted octanol–water partition coefficient (Wildman–Crippen LogP) is 2.07. The van der Waals surface area contributed by atoms with E-state index in [-0.39, 0.29) is 0 Å². The molecule has 0 saturated carbocycles. The molecule has 0 aromatic carbocycles. The van der Waals surface area contributed by atoms with Crippen LogP contribution in [-0.2, 0) is 0 Å². The third-order valence-corrected chi connectivity index (χ3v) is 1.85. The molecule has 4 heteroatoms. The number of alkyl halides is 1. The maximum atomic E-state index is 5.47. The van der Waals surface area contributed by atoms with E-state index < -0.39 is 0 Å². The highest BCUT2D eigenvalue weighted by Gasteiger charge is 1.93. The molecule has 0 aliphatic heterocycles. The molecule has 1 rings (SSSR count). The summed E-state index contributed by atoms with van der Waals surface area (Å²) in [4.78, 5) is 8.13. The van der Waals surface area contributed by atoms with Crippen molar-refractivity contribution in [3.05, 3.63) is 18.0 Å². The van der Waals surface area contributed by atoms with Gasteiger partial charge in [0.2, 0.25) is 0 Å². The van der Waals surface area contributed by atoms with E-state index in [2.05, 4.69) is 9.97 Å². The van der Waals surface area contributed by atoms with Crippen molar-refractivity contribution < 1.29 is 0 Å². The fraction of sp³-hybridized carbons (Fsp3) is 0.333. The lowest BCUT2D eigenvalue weighted by atomic mass is 10.5. The van der Waals surface area contributed by atoms with Crippen LogP contribution in [0, 0.1) is 6.92 Å². The first-order valence-electron chi connectivity index (χ1n) is 2.81. The molecule has 0 spiro atoms. The minimum absolute atomic E-state index is 0.503. The molecule has 1 aromatic heterocycles. The van der Waals surface area contributed by atoms with Crippen molar-refractivity contribution in [2.75, 3.05) is 5.21 Å². The Bertz CT molecular complexity index is 217. The highest BCUT2D eigenvalue weighted by atomic mass is 35.5. The molecule has 0 amide bonds. The Morgan fingerprint density at radius 3 is 3.10 bits per heavy atom. The number of halogens is 1. The zero-order chi connectivity index (χ0) is 7.40. The normalized spacial score (nSPS) is 9.80. The van der Waals surface area contributed by atoms with Gasteiger partial charge in [0.05, 0.1) is 5.21 Å². The van der Waals surface area contributed by atoms with Gasteiger partial charge in [-0.15, -0.1) is 11.6 Å². The van der Waals surface area contributed by atoms with Gasteiger partial charge in [-0.05, 0) is 13.0 Å². The van der Waals surface area contributed by atoms with Crippen LogP contribution in [0.5, 0.6) is 0 Å². The number of hydrogen-bond donors (Lipinski definition) is 0. The Labute approximate surface area is 69.0 Å². The van der Waals surface area contributed by atoms with E-state index >= 15 is 0 Å².